The first-order valence-corrected chi connectivity index (χ1v) is 9.32. The van der Waals surface area contributed by atoms with Gasteiger partial charge in [0.1, 0.15) is 10.9 Å². The van der Waals surface area contributed by atoms with E-state index < -0.39 is 0 Å². The predicted molar refractivity (Wildman–Crippen MR) is 110 cm³/mol. The summed E-state index contributed by atoms with van der Waals surface area (Å²) >= 11 is 0. The van der Waals surface area contributed by atoms with Crippen molar-refractivity contribution >= 4 is 28.4 Å². The van der Waals surface area contributed by atoms with Crippen LogP contribution in [0.4, 0.5) is 5.82 Å². The van der Waals surface area contributed by atoms with E-state index in [1.165, 1.54) is 10.5 Å². The third-order valence-electron chi connectivity index (χ3n) is 4.85. The zero-order valence-electron chi connectivity index (χ0n) is 16.2. The molecule has 4 aromatic rings. The van der Waals surface area contributed by atoms with Gasteiger partial charge in [0.2, 0.25) is 11.5 Å². The van der Waals surface area contributed by atoms with Crippen molar-refractivity contribution in [2.75, 3.05) is 12.3 Å². The highest BCUT2D eigenvalue weighted by molar-refractivity contribution is 6.00. The number of nitrogens with one attached hydrogen (secondary N) is 1. The van der Waals surface area contributed by atoms with Crippen molar-refractivity contribution in [2.45, 2.75) is 20.4 Å². The number of amides is 1. The van der Waals surface area contributed by atoms with Gasteiger partial charge in [-0.15, -0.1) is 0 Å². The predicted octanol–water partition coefficient (Wildman–Crippen LogP) is 1.22. The Balaban J connectivity index is 2.09. The van der Waals surface area contributed by atoms with Crippen LogP contribution in [0.25, 0.3) is 16.7 Å². The van der Waals surface area contributed by atoms with Crippen molar-refractivity contribution in [2.24, 2.45) is 0 Å². The van der Waals surface area contributed by atoms with Crippen LogP contribution in [0.3, 0.4) is 0 Å². The number of carbonyl (C=O) groups excluding carboxylic acids is 1. The Labute approximate surface area is 166 Å². The SMILES string of the molecule is CCNC(=O)c1cc2c(=O)n3cccc(C)c3nc2[n+](Cc2ccncc2)c1N. The smallest absolute Gasteiger partial charge is 0.278 e. The summed E-state index contributed by atoms with van der Waals surface area (Å²) in [5, 5.41) is 3.08. The largest absolute Gasteiger partial charge is 0.352 e. The monoisotopic (exact) mass is 389 g/mol. The number of nitrogens with zero attached hydrogens (tertiary/aromatic N) is 4. The molecule has 1 amide bonds. The fraction of sp³-hybridized carbons (Fsp3) is 0.190. The summed E-state index contributed by atoms with van der Waals surface area (Å²) in [4.78, 5) is 34.6. The molecule has 0 saturated carbocycles. The van der Waals surface area contributed by atoms with E-state index in [2.05, 4.69) is 10.3 Å². The Morgan fingerprint density at radius 2 is 2.03 bits per heavy atom. The van der Waals surface area contributed by atoms with Gasteiger partial charge in [0.05, 0.1) is 6.54 Å². The van der Waals surface area contributed by atoms with E-state index >= 15 is 0 Å². The third kappa shape index (κ3) is 3.18. The second-order valence-corrected chi connectivity index (χ2v) is 6.78. The van der Waals surface area contributed by atoms with E-state index in [1.807, 2.05) is 32.0 Å². The van der Waals surface area contributed by atoms with Gasteiger partial charge in [0, 0.05) is 30.7 Å². The molecule has 0 aliphatic rings. The quantitative estimate of drug-likeness (QED) is 0.403. The van der Waals surface area contributed by atoms with Crippen LogP contribution in [0, 0.1) is 6.92 Å². The Bertz CT molecular complexity index is 1300. The molecule has 8 nitrogen and oxygen atoms in total. The molecule has 0 aliphatic carbocycles. The lowest BCUT2D eigenvalue weighted by Crippen LogP contribution is -2.43. The molecule has 4 aromatic heterocycles. The van der Waals surface area contributed by atoms with Crippen LogP contribution >= 0.6 is 0 Å². The lowest BCUT2D eigenvalue weighted by molar-refractivity contribution is -0.649. The fourth-order valence-electron chi connectivity index (χ4n) is 3.38. The van der Waals surface area contributed by atoms with E-state index in [9.17, 15) is 9.59 Å². The molecule has 3 N–H and O–H groups in total. The molecule has 29 heavy (non-hydrogen) atoms. The standard InChI is InChI=1S/C21H20N6O2/c1-3-24-20(28)15-11-16-19(25-18-13(2)5-4-10-26(18)21(16)29)27(17(15)22)12-14-6-8-23-9-7-14/h4-11,22H,3,12H2,1-2H3,(H,24,28)/p+1. The number of aryl methyl sites for hydroxylation is 1. The van der Waals surface area contributed by atoms with E-state index in [-0.39, 0.29) is 22.8 Å². The molecule has 0 spiro atoms. The molecule has 8 heteroatoms. The maximum atomic E-state index is 13.2. The Morgan fingerprint density at radius 3 is 2.76 bits per heavy atom. The number of aromatic nitrogens is 4. The highest BCUT2D eigenvalue weighted by Gasteiger charge is 2.24. The summed E-state index contributed by atoms with van der Waals surface area (Å²) in [5.74, 6) is -0.0748. The topological polar surface area (TPSA) is 106 Å². The van der Waals surface area contributed by atoms with Crippen LogP contribution in [-0.4, -0.2) is 26.8 Å². The van der Waals surface area contributed by atoms with E-state index in [1.54, 1.807) is 29.2 Å². The van der Waals surface area contributed by atoms with Crippen LogP contribution in [-0.2, 0) is 6.54 Å². The number of hydrogen-bond acceptors (Lipinski definition) is 5. The molecule has 0 unspecified atom stereocenters. The number of fused-ring (bicyclic) bond motifs is 2. The zero-order valence-corrected chi connectivity index (χ0v) is 16.2. The summed E-state index contributed by atoms with van der Waals surface area (Å²) in [6.45, 7) is 4.53. The molecule has 0 saturated heterocycles. The van der Waals surface area contributed by atoms with Crippen LogP contribution in [0.5, 0.6) is 0 Å². The van der Waals surface area contributed by atoms with E-state index in [0.717, 1.165) is 11.1 Å². The minimum atomic E-state index is -0.330. The average Bonchev–Trinajstić information content (AvgIpc) is 2.72. The number of nitrogen functional groups attached to an aromatic ring is 1. The molecule has 0 aliphatic heterocycles. The van der Waals surface area contributed by atoms with Crippen LogP contribution in [0.1, 0.15) is 28.4 Å². The van der Waals surface area contributed by atoms with Crippen molar-refractivity contribution in [1.29, 1.82) is 0 Å². The normalized spacial score (nSPS) is 11.1. The number of anilines is 1. The maximum Gasteiger partial charge on any atom is 0.278 e. The number of carbonyl (C=O) groups is 1. The van der Waals surface area contributed by atoms with Gasteiger partial charge in [-0.1, -0.05) is 11.1 Å². The molecule has 4 heterocycles. The first-order chi connectivity index (χ1) is 14.0. The second kappa shape index (κ2) is 7.31. The van der Waals surface area contributed by atoms with Gasteiger partial charge in [-0.05, 0) is 43.7 Å². The van der Waals surface area contributed by atoms with Gasteiger partial charge in [0.15, 0.2) is 0 Å². The van der Waals surface area contributed by atoms with Crippen molar-refractivity contribution in [3.05, 3.63) is 76.0 Å². The molecule has 146 valence electrons. The molecular formula is C21H21N6O2+. The van der Waals surface area contributed by atoms with Gasteiger partial charge >= 0.3 is 0 Å². The average molecular weight is 389 g/mol. The van der Waals surface area contributed by atoms with Crippen molar-refractivity contribution < 1.29 is 9.36 Å². The molecule has 0 fully saturated rings. The molecule has 0 aromatic carbocycles. The first-order valence-electron chi connectivity index (χ1n) is 9.32. The van der Waals surface area contributed by atoms with Crippen molar-refractivity contribution in [1.82, 2.24) is 19.7 Å². The molecule has 0 bridgehead atoms. The summed E-state index contributed by atoms with van der Waals surface area (Å²) < 4.78 is 3.20. The number of nitrogens with two attached hydrogens (primary N) is 1. The highest BCUT2D eigenvalue weighted by atomic mass is 16.1. The molecule has 0 atom stereocenters. The third-order valence-corrected chi connectivity index (χ3v) is 4.85. The van der Waals surface area contributed by atoms with Gasteiger partial charge in [-0.3, -0.25) is 19.0 Å². The van der Waals surface area contributed by atoms with Gasteiger partial charge in [-0.25, -0.2) is 4.57 Å². The maximum absolute atomic E-state index is 13.2. The number of hydrogen-bond donors (Lipinski definition) is 2. The summed E-state index contributed by atoms with van der Waals surface area (Å²) in [6.07, 6.45) is 5.04. The second-order valence-electron chi connectivity index (χ2n) is 6.78. The summed E-state index contributed by atoms with van der Waals surface area (Å²) in [6, 6.07) is 8.94. The number of rotatable bonds is 4. The fourth-order valence-corrected chi connectivity index (χ4v) is 3.38. The zero-order chi connectivity index (χ0) is 20.5. The van der Waals surface area contributed by atoms with Gasteiger partial charge in [0.25, 0.3) is 17.1 Å². The van der Waals surface area contributed by atoms with Gasteiger partial charge < -0.3 is 11.1 Å². The van der Waals surface area contributed by atoms with Crippen LogP contribution in [0.2, 0.25) is 0 Å². The van der Waals surface area contributed by atoms with Crippen molar-refractivity contribution in [3.63, 3.8) is 0 Å². The molecule has 4 rings (SSSR count). The van der Waals surface area contributed by atoms with Crippen molar-refractivity contribution in [3.8, 4) is 0 Å². The van der Waals surface area contributed by atoms with E-state index in [0.29, 0.717) is 29.8 Å². The number of pyridine rings is 3. The molecular weight excluding hydrogens is 368 g/mol. The summed E-state index contributed by atoms with van der Waals surface area (Å²) in [7, 11) is 0. The lowest BCUT2D eigenvalue weighted by Gasteiger charge is -2.12. The van der Waals surface area contributed by atoms with Crippen LogP contribution < -0.4 is 21.2 Å². The minimum absolute atomic E-state index is 0.247. The molecule has 0 radical (unpaired) electrons. The van der Waals surface area contributed by atoms with E-state index in [4.69, 9.17) is 10.7 Å². The Hall–Kier alpha value is -3.81. The Morgan fingerprint density at radius 1 is 1.28 bits per heavy atom. The lowest BCUT2D eigenvalue weighted by atomic mass is 10.1. The van der Waals surface area contributed by atoms with Gasteiger partial charge in [-0.2, -0.15) is 0 Å². The minimum Gasteiger partial charge on any atom is -0.352 e. The first kappa shape index (κ1) is 18.5. The summed E-state index contributed by atoms with van der Waals surface area (Å²) in [5.41, 5.74) is 9.19. The highest BCUT2D eigenvalue weighted by Crippen LogP contribution is 2.16. The Kier molecular flexibility index (Phi) is 4.67. The van der Waals surface area contributed by atoms with Crippen LogP contribution in [0.15, 0.2) is 53.7 Å².